The molecule has 2 aromatic rings. The van der Waals surface area contributed by atoms with E-state index in [1.54, 1.807) is 0 Å². The molecule has 1 heterocycles. The molecule has 1 saturated heterocycles. The molecule has 0 aromatic heterocycles. The van der Waals surface area contributed by atoms with E-state index in [-0.39, 0.29) is 6.42 Å². The summed E-state index contributed by atoms with van der Waals surface area (Å²) in [6.45, 7) is 0.322. The number of rotatable bonds is 4. The second-order valence-electron chi connectivity index (χ2n) is 5.17. The van der Waals surface area contributed by atoms with E-state index in [0.29, 0.717) is 13.0 Å². The summed E-state index contributed by atoms with van der Waals surface area (Å²) < 4.78 is 9.89. The van der Waals surface area contributed by atoms with Gasteiger partial charge >= 0.3 is 11.9 Å². The lowest BCUT2D eigenvalue weighted by atomic mass is 10.0. The smallest absolute Gasteiger partial charge is 0.347 e. The van der Waals surface area contributed by atoms with E-state index in [9.17, 15) is 9.59 Å². The van der Waals surface area contributed by atoms with Gasteiger partial charge in [-0.15, -0.1) is 0 Å². The van der Waals surface area contributed by atoms with Crippen molar-refractivity contribution in [2.45, 2.75) is 18.9 Å². The number of carbonyl (C=O) groups excluding carboxylic acids is 2. The molecule has 4 heteroatoms. The van der Waals surface area contributed by atoms with Crippen molar-refractivity contribution in [1.29, 1.82) is 0 Å². The first-order valence-corrected chi connectivity index (χ1v) is 7.23. The van der Waals surface area contributed by atoms with Crippen molar-refractivity contribution in [3.63, 3.8) is 0 Å². The van der Waals surface area contributed by atoms with Crippen molar-refractivity contribution >= 4 is 11.9 Å². The van der Waals surface area contributed by atoms with E-state index in [0.717, 1.165) is 16.7 Å². The zero-order valence-corrected chi connectivity index (χ0v) is 12.0. The fraction of sp³-hybridized carbons (Fsp3) is 0.222. The van der Waals surface area contributed by atoms with Gasteiger partial charge in [-0.25, -0.2) is 4.79 Å². The SMILES string of the molecule is O=C(Cc1ccc(-c2ccccc2)cc1)O[C@H]1CCOC1=O. The van der Waals surface area contributed by atoms with Crippen LogP contribution in [-0.2, 0) is 25.5 Å². The van der Waals surface area contributed by atoms with Gasteiger partial charge in [-0.1, -0.05) is 54.6 Å². The molecule has 1 atom stereocenters. The molecule has 2 aromatic carbocycles. The Balaban J connectivity index is 1.61. The third-order valence-corrected chi connectivity index (χ3v) is 3.57. The van der Waals surface area contributed by atoms with E-state index >= 15 is 0 Å². The third-order valence-electron chi connectivity index (χ3n) is 3.57. The largest absolute Gasteiger partial charge is 0.463 e. The van der Waals surface area contributed by atoms with Crippen LogP contribution < -0.4 is 0 Å². The van der Waals surface area contributed by atoms with Crippen LogP contribution in [-0.4, -0.2) is 24.6 Å². The molecule has 4 nitrogen and oxygen atoms in total. The number of esters is 2. The highest BCUT2D eigenvalue weighted by molar-refractivity contribution is 5.81. The normalized spacial score (nSPS) is 17.1. The number of hydrogen-bond donors (Lipinski definition) is 0. The summed E-state index contributed by atoms with van der Waals surface area (Å²) >= 11 is 0. The zero-order valence-electron chi connectivity index (χ0n) is 12.0. The summed E-state index contributed by atoms with van der Waals surface area (Å²) in [5.74, 6) is -0.857. The Morgan fingerprint density at radius 2 is 1.73 bits per heavy atom. The van der Waals surface area contributed by atoms with Gasteiger partial charge in [0, 0.05) is 6.42 Å². The van der Waals surface area contributed by atoms with Gasteiger partial charge in [-0.3, -0.25) is 4.79 Å². The highest BCUT2D eigenvalue weighted by atomic mass is 16.6. The van der Waals surface area contributed by atoms with E-state index in [4.69, 9.17) is 9.47 Å². The molecule has 0 amide bonds. The Labute approximate surface area is 128 Å². The second kappa shape index (κ2) is 6.43. The second-order valence-corrected chi connectivity index (χ2v) is 5.17. The van der Waals surface area contributed by atoms with Crippen molar-refractivity contribution in [3.05, 3.63) is 60.2 Å². The lowest BCUT2D eigenvalue weighted by Crippen LogP contribution is -2.23. The molecule has 1 fully saturated rings. The summed E-state index contributed by atoms with van der Waals surface area (Å²) in [7, 11) is 0. The third kappa shape index (κ3) is 3.34. The Morgan fingerprint density at radius 3 is 2.36 bits per heavy atom. The highest BCUT2D eigenvalue weighted by Crippen LogP contribution is 2.20. The predicted molar refractivity (Wildman–Crippen MR) is 81.0 cm³/mol. The quantitative estimate of drug-likeness (QED) is 0.814. The maximum Gasteiger partial charge on any atom is 0.347 e. The minimum atomic E-state index is -0.740. The topological polar surface area (TPSA) is 52.6 Å². The van der Waals surface area contributed by atoms with Gasteiger partial charge in [0.2, 0.25) is 6.10 Å². The number of benzene rings is 2. The molecular weight excluding hydrogens is 280 g/mol. The first-order valence-electron chi connectivity index (χ1n) is 7.23. The summed E-state index contributed by atoms with van der Waals surface area (Å²) in [4.78, 5) is 23.1. The van der Waals surface area contributed by atoms with Crippen LogP contribution in [0.4, 0.5) is 0 Å². The Morgan fingerprint density at radius 1 is 1.05 bits per heavy atom. The molecule has 0 unspecified atom stereocenters. The van der Waals surface area contributed by atoms with Crippen LogP contribution >= 0.6 is 0 Å². The van der Waals surface area contributed by atoms with Crippen LogP contribution in [0.5, 0.6) is 0 Å². The van der Waals surface area contributed by atoms with Crippen LogP contribution in [0.1, 0.15) is 12.0 Å². The zero-order chi connectivity index (χ0) is 15.4. The van der Waals surface area contributed by atoms with Gasteiger partial charge < -0.3 is 9.47 Å². The van der Waals surface area contributed by atoms with Gasteiger partial charge in [0.15, 0.2) is 0 Å². The number of cyclic esters (lactones) is 1. The summed E-state index contributed by atoms with van der Waals surface area (Å²) in [6, 6.07) is 17.8. The van der Waals surface area contributed by atoms with E-state index < -0.39 is 18.0 Å². The molecule has 0 radical (unpaired) electrons. The molecule has 0 bridgehead atoms. The predicted octanol–water partition coefficient (Wildman–Crippen LogP) is 2.75. The number of carbonyl (C=O) groups is 2. The maximum atomic E-state index is 11.8. The molecule has 112 valence electrons. The fourth-order valence-corrected chi connectivity index (χ4v) is 2.40. The Kier molecular flexibility index (Phi) is 4.19. The molecule has 0 aliphatic carbocycles. The fourth-order valence-electron chi connectivity index (χ4n) is 2.40. The molecule has 1 aliphatic rings. The minimum Gasteiger partial charge on any atom is -0.463 e. The molecule has 0 spiro atoms. The number of hydrogen-bond acceptors (Lipinski definition) is 4. The summed E-state index contributed by atoms with van der Waals surface area (Å²) in [5, 5.41) is 0. The van der Waals surface area contributed by atoms with Crippen LogP contribution in [0.2, 0.25) is 0 Å². The van der Waals surface area contributed by atoms with Crippen LogP contribution in [0.25, 0.3) is 11.1 Å². The van der Waals surface area contributed by atoms with E-state index in [1.165, 1.54) is 0 Å². The summed E-state index contributed by atoms with van der Waals surface area (Å²) in [6.07, 6.45) is -0.146. The molecule has 1 aliphatic heterocycles. The van der Waals surface area contributed by atoms with Crippen molar-refractivity contribution in [1.82, 2.24) is 0 Å². The Bertz CT molecular complexity index is 661. The summed E-state index contributed by atoms with van der Waals surface area (Å²) in [5.41, 5.74) is 3.08. The first-order chi connectivity index (χ1) is 10.7. The molecule has 22 heavy (non-hydrogen) atoms. The lowest BCUT2D eigenvalue weighted by Gasteiger charge is -2.08. The van der Waals surface area contributed by atoms with Gasteiger partial charge in [-0.2, -0.15) is 0 Å². The van der Waals surface area contributed by atoms with Crippen molar-refractivity contribution in [2.24, 2.45) is 0 Å². The highest BCUT2D eigenvalue weighted by Gasteiger charge is 2.29. The van der Waals surface area contributed by atoms with Crippen molar-refractivity contribution in [2.75, 3.05) is 6.61 Å². The van der Waals surface area contributed by atoms with Gasteiger partial charge in [0.05, 0.1) is 13.0 Å². The van der Waals surface area contributed by atoms with Gasteiger partial charge in [0.25, 0.3) is 0 Å². The van der Waals surface area contributed by atoms with Crippen molar-refractivity contribution in [3.8, 4) is 11.1 Å². The van der Waals surface area contributed by atoms with E-state index in [1.807, 2.05) is 54.6 Å². The number of ether oxygens (including phenoxy) is 2. The maximum absolute atomic E-state index is 11.8. The van der Waals surface area contributed by atoms with Gasteiger partial charge in [0.1, 0.15) is 0 Å². The minimum absolute atomic E-state index is 0.152. The first kappa shape index (κ1) is 14.3. The average Bonchev–Trinajstić information content (AvgIpc) is 2.94. The standard InChI is InChI=1S/C18H16O4/c19-17(22-16-10-11-21-18(16)20)12-13-6-8-15(9-7-13)14-4-2-1-3-5-14/h1-9,16H,10-12H2/t16-/m0/s1. The van der Waals surface area contributed by atoms with Crippen molar-refractivity contribution < 1.29 is 19.1 Å². The van der Waals surface area contributed by atoms with Gasteiger partial charge in [-0.05, 0) is 16.7 Å². The Hall–Kier alpha value is -2.62. The molecule has 0 saturated carbocycles. The average molecular weight is 296 g/mol. The van der Waals surface area contributed by atoms with Crippen LogP contribution in [0.15, 0.2) is 54.6 Å². The molecule has 3 rings (SSSR count). The lowest BCUT2D eigenvalue weighted by molar-refractivity contribution is -0.159. The molecular formula is C18H16O4. The monoisotopic (exact) mass is 296 g/mol. The molecule has 0 N–H and O–H groups in total. The van der Waals surface area contributed by atoms with Crippen LogP contribution in [0, 0.1) is 0 Å². The van der Waals surface area contributed by atoms with E-state index in [2.05, 4.69) is 0 Å². The van der Waals surface area contributed by atoms with Crippen LogP contribution in [0.3, 0.4) is 0 Å².